The molecule has 0 aromatic heterocycles. The van der Waals surface area contributed by atoms with Crippen molar-refractivity contribution < 1.29 is 9.53 Å². The zero-order valence-electron chi connectivity index (χ0n) is 14.9. The summed E-state index contributed by atoms with van der Waals surface area (Å²) in [5.41, 5.74) is 2.86. The molecule has 0 bridgehead atoms. The molecule has 2 aromatic rings. The number of hydrogen-bond acceptors (Lipinski definition) is 4. The summed E-state index contributed by atoms with van der Waals surface area (Å²) in [4.78, 5) is 14.9. The first-order valence-electron chi connectivity index (χ1n) is 8.25. The Bertz CT molecular complexity index is 987. The lowest BCUT2D eigenvalue weighted by molar-refractivity contribution is -0.122. The highest BCUT2D eigenvalue weighted by atomic mass is 35.5. The number of thioether (sulfide) groups is 1. The Morgan fingerprint density at radius 3 is 2.50 bits per heavy atom. The molecule has 0 aliphatic carbocycles. The minimum absolute atomic E-state index is 0.0659. The summed E-state index contributed by atoms with van der Waals surface area (Å²) in [5, 5.41) is 0.647. The van der Waals surface area contributed by atoms with Crippen molar-refractivity contribution in [2.75, 3.05) is 6.61 Å². The topological polar surface area (TPSA) is 29.5 Å². The van der Waals surface area contributed by atoms with Gasteiger partial charge in [-0.25, -0.2) is 0 Å². The number of amides is 1. The largest absolute Gasteiger partial charge is 0.478 e. The smallest absolute Gasteiger partial charge is 0.266 e. The fourth-order valence-corrected chi connectivity index (χ4v) is 4.45. The van der Waals surface area contributed by atoms with Gasteiger partial charge >= 0.3 is 0 Å². The molecule has 1 aliphatic rings. The van der Waals surface area contributed by atoms with Crippen LogP contribution in [0.1, 0.15) is 16.7 Å². The fraction of sp³-hybridized carbons (Fsp3) is 0.143. The van der Waals surface area contributed by atoms with Crippen LogP contribution < -0.4 is 4.74 Å². The lowest BCUT2D eigenvalue weighted by Gasteiger charge is -2.14. The van der Waals surface area contributed by atoms with E-state index in [1.54, 1.807) is 23.1 Å². The molecule has 3 rings (SSSR count). The molecule has 1 amide bonds. The number of terminal acetylenes is 1. The summed E-state index contributed by atoms with van der Waals surface area (Å²) in [6.45, 7) is 2.52. The second-order valence-corrected chi connectivity index (χ2v) is 8.55. The Balaban J connectivity index is 1.81. The number of rotatable bonds is 5. The van der Waals surface area contributed by atoms with E-state index in [9.17, 15) is 4.79 Å². The standard InChI is InChI=1S/C21H15Cl2NO2S2/c1-3-8-26-19-16(22)9-15(10-17(19)23)11-18-20(25)24(21(27)28-18)12-14-6-4-13(2)5-7-14/h1,4-7,9-11H,8,12H2,2H3/b18-11-. The van der Waals surface area contributed by atoms with Gasteiger partial charge in [0.1, 0.15) is 10.9 Å². The van der Waals surface area contributed by atoms with Crippen molar-refractivity contribution >= 4 is 63.5 Å². The van der Waals surface area contributed by atoms with Crippen molar-refractivity contribution in [3.05, 3.63) is 68.0 Å². The molecule has 1 aliphatic heterocycles. The third-order valence-corrected chi connectivity index (χ3v) is 5.89. The molecule has 1 heterocycles. The highest BCUT2D eigenvalue weighted by molar-refractivity contribution is 8.26. The van der Waals surface area contributed by atoms with Gasteiger partial charge < -0.3 is 4.74 Å². The van der Waals surface area contributed by atoms with Gasteiger partial charge in [-0.15, -0.1) is 6.42 Å². The lowest BCUT2D eigenvalue weighted by Crippen LogP contribution is -2.27. The molecule has 28 heavy (non-hydrogen) atoms. The van der Waals surface area contributed by atoms with Gasteiger partial charge in [0.25, 0.3) is 5.91 Å². The summed E-state index contributed by atoms with van der Waals surface area (Å²) < 4.78 is 5.87. The number of halogens is 2. The molecular formula is C21H15Cl2NO2S2. The minimum atomic E-state index is -0.143. The molecule has 0 N–H and O–H groups in total. The zero-order chi connectivity index (χ0) is 20.3. The maximum atomic E-state index is 12.8. The molecule has 2 aromatic carbocycles. The molecule has 0 radical (unpaired) electrons. The van der Waals surface area contributed by atoms with Gasteiger partial charge in [0.2, 0.25) is 0 Å². The third kappa shape index (κ3) is 4.71. The van der Waals surface area contributed by atoms with E-state index in [4.69, 9.17) is 46.6 Å². The summed E-state index contributed by atoms with van der Waals surface area (Å²) in [6.07, 6.45) is 6.91. The molecule has 1 fully saturated rings. The van der Waals surface area contributed by atoms with E-state index in [0.717, 1.165) is 11.1 Å². The van der Waals surface area contributed by atoms with E-state index >= 15 is 0 Å². The maximum absolute atomic E-state index is 12.8. The van der Waals surface area contributed by atoms with Crippen LogP contribution in [0.5, 0.6) is 5.75 Å². The van der Waals surface area contributed by atoms with E-state index < -0.39 is 0 Å². The van der Waals surface area contributed by atoms with Crippen LogP contribution in [0.3, 0.4) is 0 Å². The van der Waals surface area contributed by atoms with Crippen LogP contribution in [0.4, 0.5) is 0 Å². The quantitative estimate of drug-likeness (QED) is 0.333. The fourth-order valence-electron chi connectivity index (χ4n) is 2.58. The van der Waals surface area contributed by atoms with Gasteiger partial charge in [-0.2, -0.15) is 0 Å². The second kappa shape index (κ2) is 9.02. The molecule has 1 saturated heterocycles. The van der Waals surface area contributed by atoms with Gasteiger partial charge in [-0.05, 0) is 36.3 Å². The summed E-state index contributed by atoms with van der Waals surface area (Å²) in [6, 6.07) is 11.4. The van der Waals surface area contributed by atoms with E-state index in [1.165, 1.54) is 11.8 Å². The normalized spacial score (nSPS) is 15.2. The van der Waals surface area contributed by atoms with Crippen molar-refractivity contribution in [3.63, 3.8) is 0 Å². The van der Waals surface area contributed by atoms with Crippen LogP contribution in [0.2, 0.25) is 10.0 Å². The van der Waals surface area contributed by atoms with E-state index in [0.29, 0.717) is 37.1 Å². The van der Waals surface area contributed by atoms with Gasteiger partial charge in [-0.1, -0.05) is 82.9 Å². The number of carbonyl (C=O) groups is 1. The van der Waals surface area contributed by atoms with Gasteiger partial charge in [0.15, 0.2) is 5.75 Å². The predicted molar refractivity (Wildman–Crippen MR) is 121 cm³/mol. The first-order chi connectivity index (χ1) is 13.4. The van der Waals surface area contributed by atoms with Gasteiger partial charge in [0.05, 0.1) is 21.5 Å². The number of carbonyl (C=O) groups excluding carboxylic acids is 1. The van der Waals surface area contributed by atoms with Crippen LogP contribution in [0, 0.1) is 19.3 Å². The average molecular weight is 448 g/mol. The minimum Gasteiger partial charge on any atom is -0.478 e. The average Bonchev–Trinajstić information content (AvgIpc) is 2.90. The molecule has 0 saturated carbocycles. The molecule has 7 heteroatoms. The number of nitrogens with zero attached hydrogens (tertiary/aromatic N) is 1. The van der Waals surface area contributed by atoms with Crippen LogP contribution in [-0.4, -0.2) is 21.7 Å². The number of benzene rings is 2. The Hall–Kier alpha value is -1.97. The zero-order valence-corrected chi connectivity index (χ0v) is 18.0. The van der Waals surface area contributed by atoms with Gasteiger partial charge in [0, 0.05) is 0 Å². The molecule has 3 nitrogen and oxygen atoms in total. The van der Waals surface area contributed by atoms with E-state index in [2.05, 4.69) is 5.92 Å². The number of ether oxygens (including phenoxy) is 1. The third-order valence-electron chi connectivity index (χ3n) is 3.95. The van der Waals surface area contributed by atoms with E-state index in [1.807, 2.05) is 31.2 Å². The Labute approximate surface area is 183 Å². The predicted octanol–water partition coefficient (Wildman–Crippen LogP) is 5.72. The number of hydrogen-bond donors (Lipinski definition) is 0. The number of aryl methyl sites for hydroxylation is 1. The Kier molecular flexibility index (Phi) is 6.69. The van der Waals surface area contributed by atoms with E-state index in [-0.39, 0.29) is 12.5 Å². The van der Waals surface area contributed by atoms with Crippen LogP contribution in [-0.2, 0) is 11.3 Å². The monoisotopic (exact) mass is 447 g/mol. The molecule has 0 atom stereocenters. The van der Waals surface area contributed by atoms with Crippen molar-refractivity contribution in [3.8, 4) is 18.1 Å². The Morgan fingerprint density at radius 1 is 1.25 bits per heavy atom. The summed E-state index contributed by atoms with van der Waals surface area (Å²) in [7, 11) is 0. The lowest BCUT2D eigenvalue weighted by atomic mass is 10.1. The first-order valence-corrected chi connectivity index (χ1v) is 10.2. The molecule has 142 valence electrons. The summed E-state index contributed by atoms with van der Waals surface area (Å²) >= 11 is 19.1. The Morgan fingerprint density at radius 2 is 1.89 bits per heavy atom. The first kappa shape index (κ1) is 20.8. The number of thiocarbonyl (C=S) groups is 1. The second-order valence-electron chi connectivity index (χ2n) is 6.06. The summed E-state index contributed by atoms with van der Waals surface area (Å²) in [5.74, 6) is 2.54. The molecular weight excluding hydrogens is 433 g/mol. The van der Waals surface area contributed by atoms with Gasteiger partial charge in [-0.3, -0.25) is 9.69 Å². The maximum Gasteiger partial charge on any atom is 0.266 e. The molecule has 0 unspecified atom stereocenters. The van der Waals surface area contributed by atoms with Crippen molar-refractivity contribution in [1.29, 1.82) is 0 Å². The van der Waals surface area contributed by atoms with Crippen LogP contribution in [0.15, 0.2) is 41.3 Å². The van der Waals surface area contributed by atoms with Crippen LogP contribution in [0.25, 0.3) is 6.08 Å². The van der Waals surface area contributed by atoms with Crippen molar-refractivity contribution in [1.82, 2.24) is 4.90 Å². The highest BCUT2D eigenvalue weighted by Gasteiger charge is 2.32. The highest BCUT2D eigenvalue weighted by Crippen LogP contribution is 2.37. The van der Waals surface area contributed by atoms with Crippen LogP contribution >= 0.6 is 47.2 Å². The SMILES string of the molecule is C#CCOc1c(Cl)cc(/C=C2\SC(=S)N(Cc3ccc(C)cc3)C2=O)cc1Cl. The molecule has 0 spiro atoms. The van der Waals surface area contributed by atoms with Crippen molar-refractivity contribution in [2.45, 2.75) is 13.5 Å². The van der Waals surface area contributed by atoms with Crippen molar-refractivity contribution in [2.24, 2.45) is 0 Å².